The molecule has 0 spiro atoms. The maximum absolute atomic E-state index is 5.98. The average Bonchev–Trinajstić information content (AvgIpc) is 2.95. The Labute approximate surface area is 93.8 Å². The Bertz CT molecular complexity index is 178. The number of hydrogen-bond donors (Lipinski definition) is 2. The quantitative estimate of drug-likeness (QED) is 0.641. The summed E-state index contributed by atoms with van der Waals surface area (Å²) in [5.41, 5.74) is 6.51. The second-order valence-electron chi connectivity index (χ2n) is 5.28. The summed E-state index contributed by atoms with van der Waals surface area (Å²) in [5, 5.41) is 3.50. The largest absolute Gasteiger partial charge is 0.385 e. The van der Waals surface area contributed by atoms with Gasteiger partial charge in [0.1, 0.15) is 0 Å². The molecule has 1 fully saturated rings. The zero-order chi connectivity index (χ0) is 11.3. The molecule has 0 heterocycles. The van der Waals surface area contributed by atoms with Gasteiger partial charge in [-0.25, -0.2) is 0 Å². The Kier molecular flexibility index (Phi) is 5.03. The number of hydrogen-bond acceptors (Lipinski definition) is 3. The van der Waals surface area contributed by atoms with Crippen molar-refractivity contribution < 1.29 is 4.74 Å². The summed E-state index contributed by atoms with van der Waals surface area (Å²) in [4.78, 5) is 0. The number of nitrogens with two attached hydrogens (primary N) is 1. The minimum atomic E-state index is 0.281. The lowest BCUT2D eigenvalue weighted by Gasteiger charge is -2.20. The summed E-state index contributed by atoms with van der Waals surface area (Å²) < 4.78 is 5.13. The molecule has 0 aromatic carbocycles. The van der Waals surface area contributed by atoms with Gasteiger partial charge in [0.25, 0.3) is 0 Å². The maximum atomic E-state index is 5.98. The highest BCUT2D eigenvalue weighted by molar-refractivity contribution is 4.94. The molecule has 3 heteroatoms. The molecule has 3 N–H and O–H groups in total. The Morgan fingerprint density at radius 2 is 2.07 bits per heavy atom. The molecule has 3 nitrogen and oxygen atoms in total. The van der Waals surface area contributed by atoms with Crippen LogP contribution in [0.3, 0.4) is 0 Å². The molecular formula is C12H26N2O. The molecule has 0 aromatic heterocycles. The molecule has 0 radical (unpaired) electrons. The highest BCUT2D eigenvalue weighted by Gasteiger charge is 2.41. The monoisotopic (exact) mass is 214 g/mol. The summed E-state index contributed by atoms with van der Waals surface area (Å²) in [6, 6.07) is 0.281. The summed E-state index contributed by atoms with van der Waals surface area (Å²) in [5.74, 6) is 0.562. The molecule has 1 aliphatic carbocycles. The van der Waals surface area contributed by atoms with E-state index in [0.29, 0.717) is 11.3 Å². The van der Waals surface area contributed by atoms with Crippen molar-refractivity contribution in [1.82, 2.24) is 5.32 Å². The van der Waals surface area contributed by atoms with Crippen molar-refractivity contribution in [1.29, 1.82) is 0 Å². The van der Waals surface area contributed by atoms with Gasteiger partial charge < -0.3 is 15.8 Å². The lowest BCUT2D eigenvalue weighted by Crippen LogP contribution is -2.40. The molecule has 1 rings (SSSR count). The first-order valence-corrected chi connectivity index (χ1v) is 6.05. The molecule has 0 aliphatic heterocycles. The molecule has 1 saturated carbocycles. The molecule has 0 amide bonds. The second-order valence-corrected chi connectivity index (χ2v) is 5.28. The Morgan fingerprint density at radius 3 is 2.53 bits per heavy atom. The highest BCUT2D eigenvalue weighted by Crippen LogP contribution is 2.48. The smallest absolute Gasteiger partial charge is 0.0468 e. The van der Waals surface area contributed by atoms with Crippen LogP contribution in [0.5, 0.6) is 0 Å². The maximum Gasteiger partial charge on any atom is 0.0468 e. The highest BCUT2D eigenvalue weighted by atomic mass is 16.5. The standard InChI is InChI=1S/C12H26N2O/c1-10(2)11(13)8-14-9-12(4-5-12)6-7-15-3/h10-11,14H,4-9,13H2,1-3H3. The van der Waals surface area contributed by atoms with Crippen molar-refractivity contribution in [3.8, 4) is 0 Å². The van der Waals surface area contributed by atoms with Gasteiger partial charge in [0.2, 0.25) is 0 Å². The first kappa shape index (κ1) is 12.9. The van der Waals surface area contributed by atoms with Crippen molar-refractivity contribution in [2.24, 2.45) is 17.1 Å². The van der Waals surface area contributed by atoms with Crippen molar-refractivity contribution in [2.45, 2.75) is 39.2 Å². The number of ether oxygens (including phenoxy) is 1. The number of rotatable bonds is 8. The van der Waals surface area contributed by atoms with Crippen LogP contribution >= 0.6 is 0 Å². The van der Waals surface area contributed by atoms with Crippen LogP contribution in [-0.2, 0) is 4.74 Å². The Morgan fingerprint density at radius 1 is 1.40 bits per heavy atom. The van der Waals surface area contributed by atoms with Crippen LogP contribution in [0.1, 0.15) is 33.1 Å². The first-order chi connectivity index (χ1) is 7.09. The minimum absolute atomic E-state index is 0.281. The molecule has 0 bridgehead atoms. The van der Waals surface area contributed by atoms with Crippen LogP contribution in [0.2, 0.25) is 0 Å². The second kappa shape index (κ2) is 5.83. The zero-order valence-corrected chi connectivity index (χ0v) is 10.4. The molecule has 15 heavy (non-hydrogen) atoms. The van der Waals surface area contributed by atoms with E-state index >= 15 is 0 Å². The van der Waals surface area contributed by atoms with E-state index in [1.165, 1.54) is 19.3 Å². The van der Waals surface area contributed by atoms with E-state index in [0.717, 1.165) is 19.7 Å². The number of nitrogens with one attached hydrogen (secondary N) is 1. The third-order valence-electron chi connectivity index (χ3n) is 3.53. The molecule has 1 atom stereocenters. The fourth-order valence-corrected chi connectivity index (χ4v) is 1.75. The average molecular weight is 214 g/mol. The van der Waals surface area contributed by atoms with Gasteiger partial charge in [0, 0.05) is 32.8 Å². The van der Waals surface area contributed by atoms with Gasteiger partial charge in [-0.1, -0.05) is 13.8 Å². The van der Waals surface area contributed by atoms with E-state index in [1.807, 2.05) is 0 Å². The van der Waals surface area contributed by atoms with Crippen molar-refractivity contribution in [3.63, 3.8) is 0 Å². The lowest BCUT2D eigenvalue weighted by atomic mass is 10.0. The summed E-state index contributed by atoms with van der Waals surface area (Å²) in [6.07, 6.45) is 3.88. The van der Waals surface area contributed by atoms with Crippen molar-refractivity contribution in [2.75, 3.05) is 26.8 Å². The number of methoxy groups -OCH3 is 1. The Balaban J connectivity index is 2.09. The third kappa shape index (κ3) is 4.49. The first-order valence-electron chi connectivity index (χ1n) is 6.05. The normalized spacial score (nSPS) is 20.6. The van der Waals surface area contributed by atoms with E-state index in [9.17, 15) is 0 Å². The summed E-state index contributed by atoms with van der Waals surface area (Å²) >= 11 is 0. The predicted molar refractivity (Wildman–Crippen MR) is 63.8 cm³/mol. The topological polar surface area (TPSA) is 47.3 Å². The third-order valence-corrected chi connectivity index (χ3v) is 3.53. The van der Waals surface area contributed by atoms with Crippen molar-refractivity contribution in [3.05, 3.63) is 0 Å². The molecule has 90 valence electrons. The molecular weight excluding hydrogens is 188 g/mol. The van der Waals surface area contributed by atoms with E-state index in [4.69, 9.17) is 10.5 Å². The Hall–Kier alpha value is -0.120. The SMILES string of the molecule is COCCC1(CNCC(N)C(C)C)CC1. The molecule has 0 saturated heterocycles. The van der Waals surface area contributed by atoms with E-state index in [1.54, 1.807) is 7.11 Å². The van der Waals surface area contributed by atoms with Crippen LogP contribution in [0.4, 0.5) is 0 Å². The van der Waals surface area contributed by atoms with E-state index in [-0.39, 0.29) is 6.04 Å². The fraction of sp³-hybridized carbons (Fsp3) is 1.00. The zero-order valence-electron chi connectivity index (χ0n) is 10.4. The van der Waals surface area contributed by atoms with Gasteiger partial charge in [0.15, 0.2) is 0 Å². The van der Waals surface area contributed by atoms with Crippen LogP contribution in [0.15, 0.2) is 0 Å². The summed E-state index contributed by atoms with van der Waals surface area (Å²) in [6.45, 7) is 7.27. The minimum Gasteiger partial charge on any atom is -0.385 e. The van der Waals surface area contributed by atoms with Gasteiger partial charge in [-0.05, 0) is 30.6 Å². The van der Waals surface area contributed by atoms with Gasteiger partial charge in [-0.15, -0.1) is 0 Å². The molecule has 1 aliphatic rings. The predicted octanol–water partition coefficient (Wildman–Crippen LogP) is 1.38. The van der Waals surface area contributed by atoms with Gasteiger partial charge in [-0.2, -0.15) is 0 Å². The molecule has 0 aromatic rings. The lowest BCUT2D eigenvalue weighted by molar-refractivity contribution is 0.171. The molecule has 1 unspecified atom stereocenters. The van der Waals surface area contributed by atoms with Crippen LogP contribution in [-0.4, -0.2) is 32.8 Å². The fourth-order valence-electron chi connectivity index (χ4n) is 1.75. The summed E-state index contributed by atoms with van der Waals surface area (Å²) in [7, 11) is 1.78. The van der Waals surface area contributed by atoms with E-state index in [2.05, 4.69) is 19.2 Å². The van der Waals surface area contributed by atoms with Crippen molar-refractivity contribution >= 4 is 0 Å². The van der Waals surface area contributed by atoms with Crippen LogP contribution in [0, 0.1) is 11.3 Å². The van der Waals surface area contributed by atoms with E-state index < -0.39 is 0 Å². The van der Waals surface area contributed by atoms with Gasteiger partial charge >= 0.3 is 0 Å². The van der Waals surface area contributed by atoms with Gasteiger partial charge in [-0.3, -0.25) is 0 Å². The van der Waals surface area contributed by atoms with Crippen LogP contribution < -0.4 is 11.1 Å². The van der Waals surface area contributed by atoms with Gasteiger partial charge in [0.05, 0.1) is 0 Å². The van der Waals surface area contributed by atoms with Crippen LogP contribution in [0.25, 0.3) is 0 Å².